The van der Waals surface area contributed by atoms with E-state index in [-0.39, 0.29) is 17.9 Å². The molecule has 1 fully saturated rings. The number of ether oxygens (including phenoxy) is 1. The summed E-state index contributed by atoms with van der Waals surface area (Å²) in [6.45, 7) is 0.184. The van der Waals surface area contributed by atoms with E-state index in [0.29, 0.717) is 22.0 Å². The lowest BCUT2D eigenvalue weighted by Gasteiger charge is -2.13. The molecule has 5 rings (SSSR count). The second kappa shape index (κ2) is 9.56. The van der Waals surface area contributed by atoms with Crippen molar-refractivity contribution in [2.24, 2.45) is 0 Å². The number of carboxylic acid groups (broad SMARTS) is 1. The van der Waals surface area contributed by atoms with Gasteiger partial charge in [-0.25, -0.2) is 14.5 Å². The Hall–Kier alpha value is -4.62. The van der Waals surface area contributed by atoms with Crippen LogP contribution in [0.3, 0.4) is 0 Å². The standard InChI is InChI=1S/C28H19ClN2O5/c29-20-5-3-6-21(14-20)31-26(32)24(30-28(31)35)15-23-22-7-2-1-4-18(22)12-13-25(23)36-16-17-8-10-19(11-9-17)27(33)34/h1-15H,16H2,(H,30,35)(H,33,34)/b24-15-. The molecule has 1 saturated heterocycles. The number of anilines is 1. The Labute approximate surface area is 211 Å². The highest BCUT2D eigenvalue weighted by Gasteiger charge is 2.35. The van der Waals surface area contributed by atoms with Gasteiger partial charge in [0.1, 0.15) is 18.1 Å². The predicted molar refractivity (Wildman–Crippen MR) is 137 cm³/mol. The monoisotopic (exact) mass is 498 g/mol. The Bertz CT molecular complexity index is 1550. The molecule has 0 atom stereocenters. The summed E-state index contributed by atoms with van der Waals surface area (Å²) in [7, 11) is 0. The Morgan fingerprint density at radius 3 is 2.50 bits per heavy atom. The maximum atomic E-state index is 13.2. The summed E-state index contributed by atoms with van der Waals surface area (Å²) in [5.74, 6) is -1.00. The minimum absolute atomic E-state index is 0.104. The van der Waals surface area contributed by atoms with E-state index in [4.69, 9.17) is 21.4 Å². The fourth-order valence-electron chi connectivity index (χ4n) is 3.98. The van der Waals surface area contributed by atoms with Gasteiger partial charge in [-0.15, -0.1) is 0 Å². The number of hydrogen-bond acceptors (Lipinski definition) is 4. The van der Waals surface area contributed by atoms with Crippen LogP contribution in [0.5, 0.6) is 5.75 Å². The van der Waals surface area contributed by atoms with E-state index in [1.54, 1.807) is 48.5 Å². The number of carboxylic acids is 1. The Morgan fingerprint density at radius 1 is 0.972 bits per heavy atom. The fourth-order valence-corrected chi connectivity index (χ4v) is 4.17. The topological polar surface area (TPSA) is 95.9 Å². The lowest BCUT2D eigenvalue weighted by atomic mass is 10.0. The van der Waals surface area contributed by atoms with Gasteiger partial charge in [-0.05, 0) is 58.8 Å². The second-order valence-electron chi connectivity index (χ2n) is 8.10. The van der Waals surface area contributed by atoms with E-state index in [2.05, 4.69) is 5.32 Å². The van der Waals surface area contributed by atoms with Crippen LogP contribution in [0.4, 0.5) is 10.5 Å². The number of nitrogens with one attached hydrogen (secondary N) is 1. The van der Waals surface area contributed by atoms with Crippen LogP contribution >= 0.6 is 11.6 Å². The quantitative estimate of drug-likeness (QED) is 0.256. The van der Waals surface area contributed by atoms with Crippen molar-refractivity contribution in [1.29, 1.82) is 0 Å². The highest BCUT2D eigenvalue weighted by molar-refractivity contribution is 6.32. The molecule has 0 aromatic heterocycles. The van der Waals surface area contributed by atoms with Crippen LogP contribution in [0.15, 0.2) is 90.6 Å². The molecule has 4 aromatic rings. The smallest absolute Gasteiger partial charge is 0.335 e. The molecule has 0 saturated carbocycles. The summed E-state index contributed by atoms with van der Waals surface area (Å²) >= 11 is 6.05. The molecular formula is C28H19ClN2O5. The molecule has 3 amide bonds. The molecule has 1 heterocycles. The van der Waals surface area contributed by atoms with Crippen LogP contribution < -0.4 is 15.0 Å². The lowest BCUT2D eigenvalue weighted by Crippen LogP contribution is -2.30. The molecule has 178 valence electrons. The Balaban J connectivity index is 1.50. The molecule has 7 nitrogen and oxygen atoms in total. The maximum absolute atomic E-state index is 13.2. The molecule has 2 N–H and O–H groups in total. The predicted octanol–water partition coefficient (Wildman–Crippen LogP) is 5.87. The van der Waals surface area contributed by atoms with Gasteiger partial charge in [0.25, 0.3) is 5.91 Å². The molecule has 0 aliphatic carbocycles. The number of rotatable bonds is 6. The van der Waals surface area contributed by atoms with Gasteiger partial charge in [0, 0.05) is 10.6 Å². The second-order valence-corrected chi connectivity index (χ2v) is 8.53. The van der Waals surface area contributed by atoms with Crippen molar-refractivity contribution in [3.63, 3.8) is 0 Å². The van der Waals surface area contributed by atoms with Crippen molar-refractivity contribution < 1.29 is 24.2 Å². The van der Waals surface area contributed by atoms with E-state index in [1.165, 1.54) is 12.1 Å². The van der Waals surface area contributed by atoms with E-state index >= 15 is 0 Å². The normalized spacial score (nSPS) is 14.4. The molecule has 0 bridgehead atoms. The van der Waals surface area contributed by atoms with Crippen molar-refractivity contribution in [3.8, 4) is 5.75 Å². The molecule has 1 aliphatic heterocycles. The number of nitrogens with zero attached hydrogens (tertiary/aromatic N) is 1. The highest BCUT2D eigenvalue weighted by Crippen LogP contribution is 2.32. The minimum atomic E-state index is -0.999. The van der Waals surface area contributed by atoms with E-state index in [9.17, 15) is 14.4 Å². The fraction of sp³-hybridized carbons (Fsp3) is 0.0357. The Kier molecular flexibility index (Phi) is 6.14. The van der Waals surface area contributed by atoms with Gasteiger partial charge < -0.3 is 15.2 Å². The number of halogens is 1. The van der Waals surface area contributed by atoms with Gasteiger partial charge in [0.2, 0.25) is 0 Å². The first-order valence-electron chi connectivity index (χ1n) is 11.0. The summed E-state index contributed by atoms with van der Waals surface area (Å²) in [4.78, 5) is 38.0. The van der Waals surface area contributed by atoms with Crippen LogP contribution in [-0.4, -0.2) is 23.0 Å². The molecular weight excluding hydrogens is 480 g/mol. The zero-order valence-corrected chi connectivity index (χ0v) is 19.5. The number of carbonyl (C=O) groups excluding carboxylic acids is 2. The van der Waals surface area contributed by atoms with Crippen LogP contribution in [0.25, 0.3) is 16.8 Å². The van der Waals surface area contributed by atoms with E-state index in [1.807, 2.05) is 30.3 Å². The minimum Gasteiger partial charge on any atom is -0.488 e. The molecule has 0 spiro atoms. The number of benzene rings is 4. The number of urea groups is 1. The molecule has 0 radical (unpaired) electrons. The van der Waals surface area contributed by atoms with Gasteiger partial charge in [0.15, 0.2) is 0 Å². The number of amides is 3. The third-order valence-electron chi connectivity index (χ3n) is 5.76. The van der Waals surface area contributed by atoms with Gasteiger partial charge in [-0.3, -0.25) is 4.79 Å². The summed E-state index contributed by atoms with van der Waals surface area (Å²) in [5.41, 5.74) is 2.07. The number of hydrogen-bond donors (Lipinski definition) is 2. The molecule has 8 heteroatoms. The zero-order chi connectivity index (χ0) is 25.2. The lowest BCUT2D eigenvalue weighted by molar-refractivity contribution is -0.113. The SMILES string of the molecule is O=C(O)c1ccc(COc2ccc3ccccc3c2/C=C2\NC(=O)N(c3cccc(Cl)c3)C2=O)cc1. The summed E-state index contributed by atoms with van der Waals surface area (Å²) in [6, 6.07) is 23.7. The summed E-state index contributed by atoms with van der Waals surface area (Å²) in [6.07, 6.45) is 1.61. The van der Waals surface area contributed by atoms with Gasteiger partial charge in [0.05, 0.1) is 11.3 Å². The largest absolute Gasteiger partial charge is 0.488 e. The third-order valence-corrected chi connectivity index (χ3v) is 5.99. The molecule has 0 unspecified atom stereocenters. The molecule has 36 heavy (non-hydrogen) atoms. The van der Waals surface area contributed by atoms with E-state index in [0.717, 1.165) is 21.2 Å². The van der Waals surface area contributed by atoms with Gasteiger partial charge in [-0.2, -0.15) is 0 Å². The average Bonchev–Trinajstić information content (AvgIpc) is 3.16. The summed E-state index contributed by atoms with van der Waals surface area (Å²) in [5, 5.41) is 13.9. The van der Waals surface area contributed by atoms with Gasteiger partial charge in [-0.1, -0.05) is 60.1 Å². The van der Waals surface area contributed by atoms with Crippen LogP contribution in [0.1, 0.15) is 21.5 Å². The Morgan fingerprint density at radius 2 is 1.75 bits per heavy atom. The van der Waals surface area contributed by atoms with Crippen LogP contribution in [0, 0.1) is 0 Å². The maximum Gasteiger partial charge on any atom is 0.335 e. The van der Waals surface area contributed by atoms with Crippen molar-refractivity contribution in [3.05, 3.63) is 112 Å². The molecule has 4 aromatic carbocycles. The van der Waals surface area contributed by atoms with Crippen molar-refractivity contribution >= 4 is 52.0 Å². The van der Waals surface area contributed by atoms with Gasteiger partial charge >= 0.3 is 12.0 Å². The number of carbonyl (C=O) groups is 3. The van der Waals surface area contributed by atoms with Crippen LogP contribution in [0.2, 0.25) is 5.02 Å². The van der Waals surface area contributed by atoms with Crippen molar-refractivity contribution in [2.45, 2.75) is 6.61 Å². The first kappa shape index (κ1) is 23.1. The zero-order valence-electron chi connectivity index (χ0n) is 18.8. The first-order chi connectivity index (χ1) is 17.4. The molecule has 1 aliphatic rings. The van der Waals surface area contributed by atoms with Crippen molar-refractivity contribution in [1.82, 2.24) is 5.32 Å². The number of imide groups is 1. The number of aromatic carboxylic acids is 1. The van der Waals surface area contributed by atoms with E-state index < -0.39 is 17.9 Å². The van der Waals surface area contributed by atoms with Crippen molar-refractivity contribution in [2.75, 3.05) is 4.90 Å². The summed E-state index contributed by atoms with van der Waals surface area (Å²) < 4.78 is 6.08. The highest BCUT2D eigenvalue weighted by atomic mass is 35.5. The number of fused-ring (bicyclic) bond motifs is 1. The average molecular weight is 499 g/mol. The van der Waals surface area contributed by atoms with Crippen LogP contribution in [-0.2, 0) is 11.4 Å². The first-order valence-corrected chi connectivity index (χ1v) is 11.4. The third kappa shape index (κ3) is 4.52.